The lowest BCUT2D eigenvalue weighted by molar-refractivity contribution is 0.0922. The second kappa shape index (κ2) is 6.25. The average Bonchev–Trinajstić information content (AvgIpc) is 2.91. The van der Waals surface area contributed by atoms with Crippen LogP contribution in [-0.4, -0.2) is 42.9 Å². The zero-order valence-electron chi connectivity index (χ0n) is 11.4. The van der Waals surface area contributed by atoms with Crippen molar-refractivity contribution in [3.05, 3.63) is 36.5 Å². The number of nitrogens with one attached hydrogen (secondary N) is 1. The Balaban J connectivity index is 2.01. The summed E-state index contributed by atoms with van der Waals surface area (Å²) in [5, 5.41) is 16.0. The van der Waals surface area contributed by atoms with Crippen LogP contribution in [0.3, 0.4) is 0 Å². The van der Waals surface area contributed by atoms with E-state index in [1.54, 1.807) is 19.1 Å². The molecule has 2 heterocycles. The smallest absolute Gasteiger partial charge is 0.253 e. The van der Waals surface area contributed by atoms with Crippen LogP contribution in [0.25, 0.3) is 5.82 Å². The van der Waals surface area contributed by atoms with Gasteiger partial charge in [0.05, 0.1) is 11.7 Å². The lowest BCUT2D eigenvalue weighted by Crippen LogP contribution is -2.34. The number of carbonyl (C=O) groups is 1. The number of rotatable bonds is 5. The van der Waals surface area contributed by atoms with Gasteiger partial charge < -0.3 is 10.4 Å². The molecule has 0 aliphatic carbocycles. The van der Waals surface area contributed by atoms with E-state index in [4.69, 9.17) is 0 Å². The largest absolute Gasteiger partial charge is 0.393 e. The molecular formula is C13H17N5O2. The number of hydrogen-bond donors (Lipinski definition) is 2. The summed E-state index contributed by atoms with van der Waals surface area (Å²) in [6.07, 6.45) is 4.50. The second-order valence-corrected chi connectivity index (χ2v) is 4.70. The zero-order chi connectivity index (χ0) is 14.5. The molecule has 0 aliphatic heterocycles. The standard InChI is InChI=1S/C13H17N5O2/c1-9(5-10(2)19)17-13(20)11-3-4-12(15-6-11)18-8-14-7-16-18/h3-4,6-10,19H,5H2,1-2H3,(H,17,20). The molecule has 2 aromatic rings. The molecule has 7 nitrogen and oxygen atoms in total. The van der Waals surface area contributed by atoms with Gasteiger partial charge in [0.25, 0.3) is 5.91 Å². The van der Waals surface area contributed by atoms with E-state index in [1.165, 1.54) is 23.5 Å². The van der Waals surface area contributed by atoms with Crippen LogP contribution in [0.5, 0.6) is 0 Å². The van der Waals surface area contributed by atoms with E-state index in [-0.39, 0.29) is 11.9 Å². The number of hydrogen-bond acceptors (Lipinski definition) is 5. The minimum atomic E-state index is -0.446. The van der Waals surface area contributed by atoms with Crippen LogP contribution in [0.15, 0.2) is 31.0 Å². The van der Waals surface area contributed by atoms with Gasteiger partial charge in [-0.15, -0.1) is 0 Å². The number of nitrogens with zero attached hydrogens (tertiary/aromatic N) is 4. The van der Waals surface area contributed by atoms with E-state index in [9.17, 15) is 9.90 Å². The molecule has 0 radical (unpaired) electrons. The van der Waals surface area contributed by atoms with Gasteiger partial charge in [-0.05, 0) is 32.4 Å². The van der Waals surface area contributed by atoms with Crippen LogP contribution in [-0.2, 0) is 0 Å². The summed E-state index contributed by atoms with van der Waals surface area (Å²) in [6, 6.07) is 3.27. The van der Waals surface area contributed by atoms with Crippen LogP contribution in [0.2, 0.25) is 0 Å². The maximum atomic E-state index is 12.0. The molecule has 0 aromatic carbocycles. The fourth-order valence-electron chi connectivity index (χ4n) is 1.86. The van der Waals surface area contributed by atoms with Gasteiger partial charge in [-0.3, -0.25) is 4.79 Å². The van der Waals surface area contributed by atoms with Crippen LogP contribution in [0.1, 0.15) is 30.6 Å². The Morgan fingerprint density at radius 1 is 1.45 bits per heavy atom. The third kappa shape index (κ3) is 3.61. The Hall–Kier alpha value is -2.28. The first-order valence-electron chi connectivity index (χ1n) is 6.36. The van der Waals surface area contributed by atoms with Crippen LogP contribution in [0.4, 0.5) is 0 Å². The van der Waals surface area contributed by atoms with Crippen molar-refractivity contribution in [2.24, 2.45) is 0 Å². The summed E-state index contributed by atoms with van der Waals surface area (Å²) in [7, 11) is 0. The quantitative estimate of drug-likeness (QED) is 0.831. The highest BCUT2D eigenvalue weighted by molar-refractivity contribution is 5.94. The molecule has 0 bridgehead atoms. The Labute approximate surface area is 116 Å². The van der Waals surface area contributed by atoms with Gasteiger partial charge in [-0.1, -0.05) is 0 Å². The Kier molecular flexibility index (Phi) is 4.41. The van der Waals surface area contributed by atoms with Gasteiger partial charge in [0.15, 0.2) is 5.82 Å². The minimum absolute atomic E-state index is 0.0995. The first kappa shape index (κ1) is 14.1. The molecule has 1 amide bonds. The highest BCUT2D eigenvalue weighted by Gasteiger charge is 2.12. The van der Waals surface area contributed by atoms with E-state index in [2.05, 4.69) is 20.4 Å². The van der Waals surface area contributed by atoms with Crippen molar-refractivity contribution >= 4 is 5.91 Å². The molecule has 0 saturated carbocycles. The highest BCUT2D eigenvalue weighted by Crippen LogP contribution is 2.05. The predicted octanol–water partition coefficient (Wildman–Crippen LogP) is 0.551. The maximum Gasteiger partial charge on any atom is 0.253 e. The minimum Gasteiger partial charge on any atom is -0.393 e. The number of aromatic nitrogens is 4. The van der Waals surface area contributed by atoms with E-state index in [1.807, 2.05) is 6.92 Å². The number of carbonyl (C=O) groups excluding carboxylic acids is 1. The molecular weight excluding hydrogens is 258 g/mol. The molecule has 2 aromatic heterocycles. The van der Waals surface area contributed by atoms with Gasteiger partial charge >= 0.3 is 0 Å². The molecule has 7 heteroatoms. The Bertz CT molecular complexity index is 551. The fraction of sp³-hybridized carbons (Fsp3) is 0.385. The van der Waals surface area contributed by atoms with E-state index >= 15 is 0 Å². The topological polar surface area (TPSA) is 92.9 Å². The van der Waals surface area contributed by atoms with Gasteiger partial charge in [0, 0.05) is 12.2 Å². The molecule has 2 rings (SSSR count). The SMILES string of the molecule is CC(O)CC(C)NC(=O)c1ccc(-n2cncn2)nc1. The number of aliphatic hydroxyl groups is 1. The molecule has 0 spiro atoms. The molecule has 2 atom stereocenters. The fourth-order valence-corrected chi connectivity index (χ4v) is 1.86. The Morgan fingerprint density at radius 2 is 2.25 bits per heavy atom. The zero-order valence-corrected chi connectivity index (χ0v) is 11.4. The summed E-state index contributed by atoms with van der Waals surface area (Å²) in [5.74, 6) is 0.381. The van der Waals surface area contributed by atoms with Crippen molar-refractivity contribution in [2.45, 2.75) is 32.4 Å². The van der Waals surface area contributed by atoms with E-state index in [0.717, 1.165) is 0 Å². The maximum absolute atomic E-state index is 12.0. The molecule has 20 heavy (non-hydrogen) atoms. The van der Waals surface area contributed by atoms with Crippen molar-refractivity contribution in [2.75, 3.05) is 0 Å². The van der Waals surface area contributed by atoms with Crippen LogP contribution >= 0.6 is 0 Å². The van der Waals surface area contributed by atoms with E-state index in [0.29, 0.717) is 17.8 Å². The summed E-state index contributed by atoms with van der Waals surface area (Å²) in [6.45, 7) is 3.54. The summed E-state index contributed by atoms with van der Waals surface area (Å²) < 4.78 is 1.51. The number of aliphatic hydroxyl groups excluding tert-OH is 1. The monoisotopic (exact) mass is 275 g/mol. The third-order valence-electron chi connectivity index (χ3n) is 2.74. The van der Waals surface area contributed by atoms with Crippen molar-refractivity contribution in [1.82, 2.24) is 25.1 Å². The van der Waals surface area contributed by atoms with Gasteiger partial charge in [-0.2, -0.15) is 5.10 Å². The summed E-state index contributed by atoms with van der Waals surface area (Å²) in [5.41, 5.74) is 0.464. The number of amides is 1. The van der Waals surface area contributed by atoms with Gasteiger partial charge in [0.2, 0.25) is 0 Å². The first-order valence-corrected chi connectivity index (χ1v) is 6.36. The van der Waals surface area contributed by atoms with Crippen molar-refractivity contribution in [1.29, 1.82) is 0 Å². The average molecular weight is 275 g/mol. The lowest BCUT2D eigenvalue weighted by Gasteiger charge is -2.15. The molecule has 106 valence electrons. The predicted molar refractivity (Wildman–Crippen MR) is 72.4 cm³/mol. The molecule has 0 fully saturated rings. The summed E-state index contributed by atoms with van der Waals surface area (Å²) in [4.78, 5) is 20.0. The highest BCUT2D eigenvalue weighted by atomic mass is 16.3. The second-order valence-electron chi connectivity index (χ2n) is 4.70. The van der Waals surface area contributed by atoms with Crippen molar-refractivity contribution in [3.63, 3.8) is 0 Å². The number of pyridine rings is 1. The van der Waals surface area contributed by atoms with Crippen molar-refractivity contribution < 1.29 is 9.90 Å². The first-order chi connectivity index (χ1) is 9.56. The molecule has 2 N–H and O–H groups in total. The third-order valence-corrected chi connectivity index (χ3v) is 2.74. The molecule has 2 unspecified atom stereocenters. The van der Waals surface area contributed by atoms with Crippen molar-refractivity contribution in [3.8, 4) is 5.82 Å². The molecule has 0 saturated heterocycles. The van der Waals surface area contributed by atoms with Crippen LogP contribution in [0, 0.1) is 0 Å². The van der Waals surface area contributed by atoms with Gasteiger partial charge in [0.1, 0.15) is 12.7 Å². The molecule has 0 aliphatic rings. The van der Waals surface area contributed by atoms with E-state index < -0.39 is 6.10 Å². The van der Waals surface area contributed by atoms with Crippen LogP contribution < -0.4 is 5.32 Å². The normalized spacial score (nSPS) is 13.8. The van der Waals surface area contributed by atoms with Gasteiger partial charge in [-0.25, -0.2) is 14.6 Å². The Morgan fingerprint density at radius 3 is 2.80 bits per heavy atom. The lowest BCUT2D eigenvalue weighted by atomic mass is 10.1. The summed E-state index contributed by atoms with van der Waals surface area (Å²) >= 11 is 0.